The van der Waals surface area contributed by atoms with Gasteiger partial charge in [0.25, 0.3) is 0 Å². The lowest BCUT2D eigenvalue weighted by molar-refractivity contribution is 0.683. The van der Waals surface area contributed by atoms with E-state index in [0.29, 0.717) is 0 Å². The van der Waals surface area contributed by atoms with Crippen molar-refractivity contribution in [3.05, 3.63) is 41.9 Å². The first-order valence-electron chi connectivity index (χ1n) is 6.21. The van der Waals surface area contributed by atoms with Crippen molar-refractivity contribution in [2.45, 2.75) is 26.3 Å². The fourth-order valence-corrected chi connectivity index (χ4v) is 2.16. The second kappa shape index (κ2) is 4.68. The van der Waals surface area contributed by atoms with Gasteiger partial charge in [0.1, 0.15) is 11.6 Å². The summed E-state index contributed by atoms with van der Waals surface area (Å²) < 4.78 is 0. The van der Waals surface area contributed by atoms with Crippen LogP contribution in [0.4, 0.5) is 5.82 Å². The van der Waals surface area contributed by atoms with Crippen molar-refractivity contribution in [3.63, 3.8) is 0 Å². The average molecular weight is 241 g/mol. The van der Waals surface area contributed by atoms with E-state index in [2.05, 4.69) is 31.8 Å². The van der Waals surface area contributed by atoms with Crippen LogP contribution in [0.25, 0.3) is 0 Å². The van der Waals surface area contributed by atoms with Crippen LogP contribution in [0, 0.1) is 0 Å². The largest absolute Gasteiger partial charge is 0.349 e. The highest BCUT2D eigenvalue weighted by molar-refractivity contribution is 5.39. The molecule has 3 heterocycles. The van der Waals surface area contributed by atoms with Crippen molar-refractivity contribution in [1.82, 2.24) is 19.9 Å². The molecule has 0 bridgehead atoms. The Morgan fingerprint density at radius 3 is 2.94 bits per heavy atom. The molecule has 0 spiro atoms. The molecule has 0 radical (unpaired) electrons. The number of anilines is 1. The second-order valence-electron chi connectivity index (χ2n) is 4.35. The molecule has 1 aliphatic heterocycles. The zero-order chi connectivity index (χ0) is 12.4. The maximum Gasteiger partial charge on any atom is 0.147 e. The van der Waals surface area contributed by atoms with Crippen molar-refractivity contribution >= 4 is 5.82 Å². The van der Waals surface area contributed by atoms with Gasteiger partial charge >= 0.3 is 0 Å². The first-order chi connectivity index (χ1) is 8.86. The molecule has 0 aromatic carbocycles. The van der Waals surface area contributed by atoms with Crippen LogP contribution in [0.5, 0.6) is 0 Å². The third kappa shape index (κ3) is 2.03. The van der Waals surface area contributed by atoms with Gasteiger partial charge in [-0.1, -0.05) is 6.92 Å². The summed E-state index contributed by atoms with van der Waals surface area (Å²) in [6.07, 6.45) is 9.03. The molecule has 2 aromatic rings. The quantitative estimate of drug-likeness (QED) is 0.795. The molecule has 5 nitrogen and oxygen atoms in total. The smallest absolute Gasteiger partial charge is 0.147 e. The number of hydrogen-bond acceptors (Lipinski definition) is 5. The molecule has 0 saturated heterocycles. The first-order valence-corrected chi connectivity index (χ1v) is 6.21. The number of nitrogens with zero attached hydrogens (tertiary/aromatic N) is 5. The molecule has 0 saturated carbocycles. The molecule has 18 heavy (non-hydrogen) atoms. The predicted octanol–water partition coefficient (Wildman–Crippen LogP) is 1.39. The van der Waals surface area contributed by atoms with Crippen molar-refractivity contribution in [1.29, 1.82) is 0 Å². The lowest BCUT2D eigenvalue weighted by Gasteiger charge is -2.28. The minimum absolute atomic E-state index is 0.795. The molecule has 2 aromatic heterocycles. The van der Waals surface area contributed by atoms with Gasteiger partial charge in [0.2, 0.25) is 0 Å². The molecular formula is C13H15N5. The van der Waals surface area contributed by atoms with E-state index >= 15 is 0 Å². The molecule has 1 aliphatic rings. The van der Waals surface area contributed by atoms with Crippen LogP contribution in [-0.2, 0) is 19.4 Å². The minimum atomic E-state index is 0.795. The Hall–Kier alpha value is -2.04. The van der Waals surface area contributed by atoms with Crippen LogP contribution >= 0.6 is 0 Å². The van der Waals surface area contributed by atoms with Crippen LogP contribution < -0.4 is 4.90 Å². The van der Waals surface area contributed by atoms with Gasteiger partial charge in [-0.3, -0.25) is 4.98 Å². The Morgan fingerprint density at radius 2 is 2.17 bits per heavy atom. The van der Waals surface area contributed by atoms with Crippen LogP contribution in [0.15, 0.2) is 24.8 Å². The van der Waals surface area contributed by atoms with E-state index in [9.17, 15) is 0 Å². The maximum absolute atomic E-state index is 4.61. The highest BCUT2D eigenvalue weighted by atomic mass is 15.2. The fourth-order valence-electron chi connectivity index (χ4n) is 2.16. The summed E-state index contributed by atoms with van der Waals surface area (Å²) in [6.45, 7) is 3.81. The number of aromatic nitrogens is 4. The molecule has 0 fully saturated rings. The van der Waals surface area contributed by atoms with Gasteiger partial charge in [-0.2, -0.15) is 0 Å². The summed E-state index contributed by atoms with van der Waals surface area (Å²) in [5, 5.41) is 0. The van der Waals surface area contributed by atoms with Crippen molar-refractivity contribution in [3.8, 4) is 0 Å². The topological polar surface area (TPSA) is 54.8 Å². The summed E-state index contributed by atoms with van der Waals surface area (Å²) >= 11 is 0. The Kier molecular flexibility index (Phi) is 2.88. The molecule has 5 heteroatoms. The summed E-state index contributed by atoms with van der Waals surface area (Å²) in [5.74, 6) is 1.83. The summed E-state index contributed by atoms with van der Waals surface area (Å²) in [5.41, 5.74) is 2.38. The number of rotatable bonds is 2. The Labute approximate surface area is 106 Å². The second-order valence-corrected chi connectivity index (χ2v) is 4.35. The Bertz CT molecular complexity index is 540. The van der Waals surface area contributed by atoms with E-state index in [1.807, 2.05) is 6.20 Å². The SMILES string of the molecule is CCc1ncc2c(n1)CN(c1cnccn1)CC2. The zero-order valence-electron chi connectivity index (χ0n) is 10.4. The fraction of sp³-hybridized carbons (Fsp3) is 0.385. The normalized spacial score (nSPS) is 14.4. The molecular weight excluding hydrogens is 226 g/mol. The Morgan fingerprint density at radius 1 is 1.22 bits per heavy atom. The molecule has 92 valence electrons. The van der Waals surface area contributed by atoms with E-state index in [1.165, 1.54) is 5.56 Å². The van der Waals surface area contributed by atoms with Gasteiger partial charge < -0.3 is 4.90 Å². The molecule has 0 atom stereocenters. The predicted molar refractivity (Wildman–Crippen MR) is 68.2 cm³/mol. The average Bonchev–Trinajstić information content (AvgIpc) is 2.47. The van der Waals surface area contributed by atoms with E-state index in [-0.39, 0.29) is 0 Å². The van der Waals surface area contributed by atoms with Gasteiger partial charge in [0.05, 0.1) is 18.4 Å². The van der Waals surface area contributed by atoms with Crippen LogP contribution in [-0.4, -0.2) is 26.5 Å². The van der Waals surface area contributed by atoms with Crippen LogP contribution in [0.3, 0.4) is 0 Å². The lowest BCUT2D eigenvalue weighted by atomic mass is 10.1. The van der Waals surface area contributed by atoms with E-state index in [0.717, 1.165) is 43.3 Å². The van der Waals surface area contributed by atoms with E-state index < -0.39 is 0 Å². The number of fused-ring (bicyclic) bond motifs is 1. The standard InChI is InChI=1S/C13H15N5/c1-2-12-16-7-10-3-6-18(9-11(10)17-12)13-8-14-4-5-15-13/h4-5,7-8H,2-3,6,9H2,1H3. The molecule has 3 rings (SSSR count). The Balaban J connectivity index is 1.88. The molecule has 0 unspecified atom stereocenters. The van der Waals surface area contributed by atoms with Crippen LogP contribution in [0.1, 0.15) is 24.0 Å². The highest BCUT2D eigenvalue weighted by Gasteiger charge is 2.19. The van der Waals surface area contributed by atoms with Gasteiger partial charge in [-0.05, 0) is 12.0 Å². The summed E-state index contributed by atoms with van der Waals surface area (Å²) in [6, 6.07) is 0. The van der Waals surface area contributed by atoms with Gasteiger partial charge in [-0.25, -0.2) is 15.0 Å². The maximum atomic E-state index is 4.61. The monoisotopic (exact) mass is 241 g/mol. The summed E-state index contributed by atoms with van der Waals surface area (Å²) in [7, 11) is 0. The van der Waals surface area contributed by atoms with Gasteiger partial charge in [0, 0.05) is 31.6 Å². The molecule has 0 amide bonds. The van der Waals surface area contributed by atoms with Gasteiger partial charge in [-0.15, -0.1) is 0 Å². The van der Waals surface area contributed by atoms with Crippen molar-refractivity contribution < 1.29 is 0 Å². The van der Waals surface area contributed by atoms with Crippen LogP contribution in [0.2, 0.25) is 0 Å². The first kappa shape index (κ1) is 11.1. The van der Waals surface area contributed by atoms with Gasteiger partial charge in [0.15, 0.2) is 0 Å². The van der Waals surface area contributed by atoms with E-state index in [4.69, 9.17) is 0 Å². The third-order valence-electron chi connectivity index (χ3n) is 3.19. The third-order valence-corrected chi connectivity index (χ3v) is 3.19. The highest BCUT2D eigenvalue weighted by Crippen LogP contribution is 2.20. The number of aryl methyl sites for hydroxylation is 1. The molecule has 0 N–H and O–H groups in total. The number of hydrogen-bond donors (Lipinski definition) is 0. The van der Waals surface area contributed by atoms with Crippen molar-refractivity contribution in [2.75, 3.05) is 11.4 Å². The van der Waals surface area contributed by atoms with E-state index in [1.54, 1.807) is 18.6 Å². The zero-order valence-corrected chi connectivity index (χ0v) is 10.4. The summed E-state index contributed by atoms with van der Waals surface area (Å²) in [4.78, 5) is 19.6. The van der Waals surface area contributed by atoms with Crippen molar-refractivity contribution in [2.24, 2.45) is 0 Å². The minimum Gasteiger partial charge on any atom is -0.349 e. The lowest BCUT2D eigenvalue weighted by Crippen LogP contribution is -2.32. The molecule has 0 aliphatic carbocycles.